The lowest BCUT2D eigenvalue weighted by Gasteiger charge is -2.11. The Morgan fingerprint density at radius 3 is 2.41 bits per heavy atom. The van der Waals surface area contributed by atoms with Crippen LogP contribution in [0.3, 0.4) is 0 Å². The summed E-state index contributed by atoms with van der Waals surface area (Å²) in [6.07, 6.45) is 0.326. The fourth-order valence-corrected chi connectivity index (χ4v) is 2.31. The number of esters is 1. The van der Waals surface area contributed by atoms with E-state index in [1.807, 2.05) is 38.1 Å². The average Bonchev–Trinajstić information content (AvgIpc) is 2.98. The Hall–Kier alpha value is -2.36. The summed E-state index contributed by atoms with van der Waals surface area (Å²) in [4.78, 5) is 23.8. The molecule has 0 amide bonds. The Labute approximate surface area is 130 Å². The molecule has 0 aliphatic rings. The van der Waals surface area contributed by atoms with E-state index in [4.69, 9.17) is 9.15 Å². The molecule has 2 rings (SSSR count). The molecule has 4 heteroatoms. The van der Waals surface area contributed by atoms with Gasteiger partial charge in [0.25, 0.3) is 0 Å². The smallest absolute Gasteiger partial charge is 0.341 e. The number of carbonyl (C=O) groups is 2. The molecule has 0 bridgehead atoms. The Bertz CT molecular complexity index is 680. The molecule has 0 spiro atoms. The van der Waals surface area contributed by atoms with E-state index < -0.39 is 5.97 Å². The number of methoxy groups -OCH3 is 1. The third-order valence-electron chi connectivity index (χ3n) is 3.73. The molecule has 1 unspecified atom stereocenters. The van der Waals surface area contributed by atoms with E-state index in [9.17, 15) is 9.59 Å². The first-order valence-corrected chi connectivity index (χ1v) is 7.29. The number of ether oxygens (including phenoxy) is 1. The Morgan fingerprint density at radius 1 is 1.23 bits per heavy atom. The standard InChI is InChI=1S/C18H20O4/c1-5-15(19)16-10-14(18(20)21-4)17(22-16)12(3)13-8-6-11(2)7-9-13/h6-10,12H,5H2,1-4H3. The van der Waals surface area contributed by atoms with Crippen molar-refractivity contribution >= 4 is 11.8 Å². The summed E-state index contributed by atoms with van der Waals surface area (Å²) in [7, 11) is 1.32. The lowest BCUT2D eigenvalue weighted by atomic mass is 9.95. The molecule has 0 N–H and O–H groups in total. The summed E-state index contributed by atoms with van der Waals surface area (Å²) in [6, 6.07) is 9.48. The molecule has 4 nitrogen and oxygen atoms in total. The van der Waals surface area contributed by atoms with Crippen LogP contribution in [0.5, 0.6) is 0 Å². The Balaban J connectivity index is 2.47. The first-order chi connectivity index (χ1) is 10.5. The van der Waals surface area contributed by atoms with Gasteiger partial charge in [-0.3, -0.25) is 4.79 Å². The molecule has 0 saturated heterocycles. The first-order valence-electron chi connectivity index (χ1n) is 7.29. The first kappa shape index (κ1) is 16.0. The summed E-state index contributed by atoms with van der Waals surface area (Å²) in [5, 5.41) is 0. The second-order valence-corrected chi connectivity index (χ2v) is 5.29. The number of hydrogen-bond donors (Lipinski definition) is 0. The highest BCUT2D eigenvalue weighted by Gasteiger charge is 2.25. The van der Waals surface area contributed by atoms with Gasteiger partial charge in [0, 0.05) is 18.4 Å². The van der Waals surface area contributed by atoms with Gasteiger partial charge in [-0.05, 0) is 12.5 Å². The summed E-state index contributed by atoms with van der Waals surface area (Å²) in [5.74, 6) is -0.0992. The van der Waals surface area contributed by atoms with Gasteiger partial charge in [0.2, 0.25) is 0 Å². The van der Waals surface area contributed by atoms with Crippen molar-refractivity contribution in [2.24, 2.45) is 0 Å². The number of Topliss-reactive ketones (excluding diaryl/α,β-unsaturated/α-hetero) is 1. The number of aryl methyl sites for hydroxylation is 1. The largest absolute Gasteiger partial charge is 0.465 e. The molecule has 116 valence electrons. The maximum atomic E-state index is 12.0. The predicted molar refractivity (Wildman–Crippen MR) is 83.4 cm³/mol. The van der Waals surface area contributed by atoms with Gasteiger partial charge in [-0.15, -0.1) is 0 Å². The van der Waals surface area contributed by atoms with Crippen LogP contribution < -0.4 is 0 Å². The van der Waals surface area contributed by atoms with Crippen molar-refractivity contribution in [2.45, 2.75) is 33.1 Å². The highest BCUT2D eigenvalue weighted by molar-refractivity contribution is 5.98. The van der Waals surface area contributed by atoms with Crippen LogP contribution in [0.25, 0.3) is 0 Å². The Morgan fingerprint density at radius 2 is 1.86 bits per heavy atom. The second kappa shape index (κ2) is 6.60. The molecule has 1 aromatic carbocycles. The second-order valence-electron chi connectivity index (χ2n) is 5.29. The Kier molecular flexibility index (Phi) is 4.81. The van der Waals surface area contributed by atoms with Gasteiger partial charge >= 0.3 is 5.97 Å². The van der Waals surface area contributed by atoms with Crippen LogP contribution in [-0.4, -0.2) is 18.9 Å². The lowest BCUT2D eigenvalue weighted by Crippen LogP contribution is -2.06. The molecule has 2 aromatic rings. The maximum absolute atomic E-state index is 12.0. The predicted octanol–water partition coefficient (Wildman–Crippen LogP) is 4.12. The number of hydrogen-bond acceptors (Lipinski definition) is 4. The summed E-state index contributed by atoms with van der Waals surface area (Å²) < 4.78 is 10.5. The van der Waals surface area contributed by atoms with Crippen molar-refractivity contribution in [1.29, 1.82) is 0 Å². The fraction of sp³-hybridized carbons (Fsp3) is 0.333. The normalized spacial score (nSPS) is 12.0. The molecule has 22 heavy (non-hydrogen) atoms. The van der Waals surface area contributed by atoms with Gasteiger partial charge in [-0.25, -0.2) is 4.79 Å². The number of furan rings is 1. The topological polar surface area (TPSA) is 56.5 Å². The maximum Gasteiger partial charge on any atom is 0.341 e. The van der Waals surface area contributed by atoms with E-state index in [2.05, 4.69) is 0 Å². The molecular formula is C18H20O4. The summed E-state index contributed by atoms with van der Waals surface area (Å²) in [5.41, 5.74) is 2.48. The van der Waals surface area contributed by atoms with Crippen LogP contribution in [0.1, 0.15) is 64.0 Å². The van der Waals surface area contributed by atoms with Gasteiger partial charge in [-0.1, -0.05) is 43.7 Å². The zero-order valence-corrected chi connectivity index (χ0v) is 13.3. The van der Waals surface area contributed by atoms with Gasteiger partial charge in [0.05, 0.1) is 7.11 Å². The van der Waals surface area contributed by atoms with Crippen LogP contribution in [0, 0.1) is 6.92 Å². The van der Waals surface area contributed by atoms with Crippen LogP contribution in [0.4, 0.5) is 0 Å². The molecule has 1 atom stereocenters. The van der Waals surface area contributed by atoms with Crippen LogP contribution >= 0.6 is 0 Å². The molecule has 0 saturated carbocycles. The number of benzene rings is 1. The zero-order valence-electron chi connectivity index (χ0n) is 13.3. The molecule has 0 fully saturated rings. The molecule has 1 aromatic heterocycles. The van der Waals surface area contributed by atoms with Crippen LogP contribution in [0.15, 0.2) is 34.7 Å². The zero-order chi connectivity index (χ0) is 16.3. The van der Waals surface area contributed by atoms with E-state index in [0.717, 1.165) is 11.1 Å². The van der Waals surface area contributed by atoms with Crippen LogP contribution in [0.2, 0.25) is 0 Å². The van der Waals surface area contributed by atoms with Crippen molar-refractivity contribution in [3.8, 4) is 0 Å². The van der Waals surface area contributed by atoms with E-state index in [0.29, 0.717) is 17.7 Å². The van der Waals surface area contributed by atoms with Crippen molar-refractivity contribution in [1.82, 2.24) is 0 Å². The van der Waals surface area contributed by atoms with Gasteiger partial charge in [0.1, 0.15) is 11.3 Å². The van der Waals surface area contributed by atoms with Crippen molar-refractivity contribution in [2.75, 3.05) is 7.11 Å². The molecular weight excluding hydrogens is 280 g/mol. The minimum atomic E-state index is -0.493. The minimum Gasteiger partial charge on any atom is -0.465 e. The number of carbonyl (C=O) groups excluding carboxylic acids is 2. The highest BCUT2D eigenvalue weighted by Crippen LogP contribution is 2.30. The fourth-order valence-electron chi connectivity index (χ4n) is 2.31. The summed E-state index contributed by atoms with van der Waals surface area (Å²) in [6.45, 7) is 5.71. The van der Waals surface area contributed by atoms with E-state index in [-0.39, 0.29) is 17.5 Å². The minimum absolute atomic E-state index is 0.132. The quantitative estimate of drug-likeness (QED) is 0.615. The van der Waals surface area contributed by atoms with Crippen molar-refractivity contribution < 1.29 is 18.7 Å². The lowest BCUT2D eigenvalue weighted by molar-refractivity contribution is 0.0597. The van der Waals surface area contributed by atoms with Gasteiger partial charge in [-0.2, -0.15) is 0 Å². The van der Waals surface area contributed by atoms with E-state index in [1.165, 1.54) is 13.2 Å². The average molecular weight is 300 g/mol. The SMILES string of the molecule is CCC(=O)c1cc(C(=O)OC)c(C(C)c2ccc(C)cc2)o1. The van der Waals surface area contributed by atoms with Gasteiger partial charge in [0.15, 0.2) is 11.5 Å². The number of ketones is 1. The molecule has 0 aliphatic carbocycles. The van der Waals surface area contributed by atoms with E-state index >= 15 is 0 Å². The third-order valence-corrected chi connectivity index (χ3v) is 3.73. The van der Waals surface area contributed by atoms with Crippen molar-refractivity contribution in [3.05, 3.63) is 58.5 Å². The molecule has 1 heterocycles. The number of rotatable bonds is 5. The molecule has 0 radical (unpaired) electrons. The highest BCUT2D eigenvalue weighted by atomic mass is 16.5. The van der Waals surface area contributed by atoms with Gasteiger partial charge < -0.3 is 9.15 Å². The van der Waals surface area contributed by atoms with Crippen LogP contribution in [-0.2, 0) is 4.74 Å². The van der Waals surface area contributed by atoms with E-state index in [1.54, 1.807) is 6.92 Å². The monoisotopic (exact) mass is 300 g/mol. The molecule has 0 aliphatic heterocycles. The van der Waals surface area contributed by atoms with Crippen molar-refractivity contribution in [3.63, 3.8) is 0 Å². The summed E-state index contributed by atoms with van der Waals surface area (Å²) >= 11 is 0. The third kappa shape index (κ3) is 3.11.